The zero-order valence-electron chi connectivity index (χ0n) is 16.3. The van der Waals surface area contributed by atoms with Gasteiger partial charge in [0.25, 0.3) is 0 Å². The van der Waals surface area contributed by atoms with Gasteiger partial charge in [0, 0.05) is 11.6 Å². The fourth-order valence-electron chi connectivity index (χ4n) is 3.68. The maximum Gasteiger partial charge on any atom is 0.348 e. The molecule has 2 heterocycles. The molecular formula is C22H20O7. The Kier molecular flexibility index (Phi) is 4.88. The van der Waals surface area contributed by atoms with Gasteiger partial charge in [0.05, 0.1) is 37.7 Å². The first-order chi connectivity index (χ1) is 14.1. The van der Waals surface area contributed by atoms with Crippen LogP contribution in [0.15, 0.2) is 51.7 Å². The van der Waals surface area contributed by atoms with Crippen molar-refractivity contribution in [2.24, 2.45) is 0 Å². The molecule has 0 radical (unpaired) electrons. The monoisotopic (exact) mass is 396 g/mol. The number of fused-ring (bicyclic) bond motifs is 3. The molecule has 0 spiro atoms. The molecule has 1 aromatic heterocycles. The average Bonchev–Trinajstić information content (AvgIpc) is 3.15. The number of ether oxygens (including phenoxy) is 4. The van der Waals surface area contributed by atoms with E-state index < -0.39 is 23.6 Å². The lowest BCUT2D eigenvalue weighted by molar-refractivity contribution is -0.151. The molecule has 150 valence electrons. The molecule has 0 unspecified atom stereocenters. The molecule has 1 aliphatic heterocycles. The van der Waals surface area contributed by atoms with Gasteiger partial charge in [-0.3, -0.25) is 0 Å². The minimum Gasteiger partial charge on any atom is -0.497 e. The largest absolute Gasteiger partial charge is 0.497 e. The van der Waals surface area contributed by atoms with E-state index in [-0.39, 0.29) is 12.2 Å². The van der Waals surface area contributed by atoms with Crippen LogP contribution >= 0.6 is 0 Å². The van der Waals surface area contributed by atoms with Crippen LogP contribution in [0.3, 0.4) is 0 Å². The van der Waals surface area contributed by atoms with Crippen molar-refractivity contribution < 1.29 is 28.2 Å². The molecule has 0 amide bonds. The summed E-state index contributed by atoms with van der Waals surface area (Å²) in [5.41, 5.74) is 0.701. The van der Waals surface area contributed by atoms with E-state index in [1.54, 1.807) is 50.4 Å². The highest BCUT2D eigenvalue weighted by molar-refractivity contribution is 5.88. The fraction of sp³-hybridized carbons (Fsp3) is 0.273. The van der Waals surface area contributed by atoms with Crippen molar-refractivity contribution >= 4 is 16.9 Å². The van der Waals surface area contributed by atoms with Crippen LogP contribution in [0, 0.1) is 0 Å². The third-order valence-corrected chi connectivity index (χ3v) is 4.95. The quantitative estimate of drug-likeness (QED) is 0.483. The molecule has 0 bridgehead atoms. The van der Waals surface area contributed by atoms with Gasteiger partial charge in [-0.15, -0.1) is 0 Å². The van der Waals surface area contributed by atoms with E-state index in [0.29, 0.717) is 33.8 Å². The van der Waals surface area contributed by atoms with Crippen LogP contribution in [-0.4, -0.2) is 32.9 Å². The van der Waals surface area contributed by atoms with Gasteiger partial charge in [-0.2, -0.15) is 0 Å². The minimum atomic E-state index is -1.04. The Morgan fingerprint density at radius 3 is 2.62 bits per heavy atom. The van der Waals surface area contributed by atoms with Gasteiger partial charge in [0.2, 0.25) is 6.10 Å². The van der Waals surface area contributed by atoms with Crippen LogP contribution in [0.1, 0.15) is 24.0 Å². The van der Waals surface area contributed by atoms with E-state index >= 15 is 0 Å². The number of hydrogen-bond donors (Lipinski definition) is 0. The second-order valence-electron chi connectivity index (χ2n) is 6.50. The van der Waals surface area contributed by atoms with E-state index in [1.165, 1.54) is 7.11 Å². The zero-order valence-corrected chi connectivity index (χ0v) is 16.3. The smallest absolute Gasteiger partial charge is 0.348 e. The van der Waals surface area contributed by atoms with Crippen molar-refractivity contribution in [1.82, 2.24) is 0 Å². The topological polar surface area (TPSA) is 84.2 Å². The predicted molar refractivity (Wildman–Crippen MR) is 105 cm³/mol. The standard InChI is InChI=1S/C22H20O7/c1-4-27-22(24)20-17(13-10-9-12(25-2)11-16(13)26-3)18-19(29-20)14-7-5-6-8-15(14)28-21(18)23/h5-11,17,20H,4H2,1-3H3/t17-,20+/m0/s1. The number of rotatable bonds is 5. The minimum absolute atomic E-state index is 0.191. The summed E-state index contributed by atoms with van der Waals surface area (Å²) in [6.45, 7) is 1.91. The lowest BCUT2D eigenvalue weighted by Gasteiger charge is -2.20. The van der Waals surface area contributed by atoms with Crippen LogP contribution in [0.2, 0.25) is 0 Å². The second-order valence-corrected chi connectivity index (χ2v) is 6.50. The molecule has 29 heavy (non-hydrogen) atoms. The van der Waals surface area contributed by atoms with E-state index in [2.05, 4.69) is 0 Å². The number of hydrogen-bond acceptors (Lipinski definition) is 7. The van der Waals surface area contributed by atoms with Gasteiger partial charge < -0.3 is 23.4 Å². The first-order valence-electron chi connectivity index (χ1n) is 9.20. The first kappa shape index (κ1) is 18.9. The van der Waals surface area contributed by atoms with Crippen molar-refractivity contribution in [2.45, 2.75) is 18.9 Å². The number of methoxy groups -OCH3 is 2. The third-order valence-electron chi connectivity index (χ3n) is 4.95. The summed E-state index contributed by atoms with van der Waals surface area (Å²) in [7, 11) is 3.06. The molecule has 4 rings (SSSR count). The van der Waals surface area contributed by atoms with Crippen LogP contribution in [-0.2, 0) is 9.53 Å². The third kappa shape index (κ3) is 3.08. The highest BCUT2D eigenvalue weighted by Crippen LogP contribution is 2.47. The van der Waals surface area contributed by atoms with E-state index in [4.69, 9.17) is 23.4 Å². The summed E-state index contributed by atoms with van der Waals surface area (Å²) in [6, 6.07) is 12.2. The Bertz CT molecular complexity index is 1130. The fourth-order valence-corrected chi connectivity index (χ4v) is 3.68. The van der Waals surface area contributed by atoms with Crippen LogP contribution in [0.25, 0.3) is 11.0 Å². The molecular weight excluding hydrogens is 376 g/mol. The normalized spacial score (nSPS) is 17.5. The molecule has 0 saturated heterocycles. The van der Waals surface area contributed by atoms with Gasteiger partial charge >= 0.3 is 11.6 Å². The van der Waals surface area contributed by atoms with Crippen LogP contribution < -0.4 is 19.8 Å². The number of para-hydroxylation sites is 1. The number of benzene rings is 2. The number of carbonyl (C=O) groups is 1. The summed E-state index contributed by atoms with van der Waals surface area (Å²) in [5.74, 6) is 0.0780. The van der Waals surface area contributed by atoms with Gasteiger partial charge in [-0.05, 0) is 25.1 Å². The summed E-state index contributed by atoms with van der Waals surface area (Å²) in [6.07, 6.45) is -1.04. The van der Waals surface area contributed by atoms with Crippen LogP contribution in [0.5, 0.6) is 17.2 Å². The molecule has 7 heteroatoms. The maximum atomic E-state index is 12.9. The second kappa shape index (κ2) is 7.50. The Labute approximate surface area is 166 Å². The van der Waals surface area contributed by atoms with Crippen molar-refractivity contribution in [3.05, 3.63) is 64.0 Å². The molecule has 3 aromatic rings. The molecule has 2 atom stereocenters. The van der Waals surface area contributed by atoms with Gasteiger partial charge in [0.15, 0.2) is 0 Å². The molecule has 2 aromatic carbocycles. The summed E-state index contributed by atoms with van der Waals surface area (Å²) in [5, 5.41) is 0.617. The van der Waals surface area contributed by atoms with Crippen LogP contribution in [0.4, 0.5) is 0 Å². The summed E-state index contributed by atoms with van der Waals surface area (Å²) < 4.78 is 27.5. The van der Waals surface area contributed by atoms with Crippen molar-refractivity contribution in [2.75, 3.05) is 20.8 Å². The first-order valence-corrected chi connectivity index (χ1v) is 9.20. The predicted octanol–water partition coefficient (Wildman–Crippen LogP) is 3.27. The lowest BCUT2D eigenvalue weighted by Crippen LogP contribution is -2.32. The average molecular weight is 396 g/mol. The summed E-state index contributed by atoms with van der Waals surface area (Å²) >= 11 is 0. The zero-order chi connectivity index (χ0) is 20.5. The maximum absolute atomic E-state index is 12.9. The molecule has 0 saturated carbocycles. The van der Waals surface area contributed by atoms with Crippen molar-refractivity contribution in [3.63, 3.8) is 0 Å². The molecule has 1 aliphatic rings. The van der Waals surface area contributed by atoms with Crippen molar-refractivity contribution in [1.29, 1.82) is 0 Å². The highest BCUT2D eigenvalue weighted by atomic mass is 16.6. The van der Waals surface area contributed by atoms with Crippen molar-refractivity contribution in [3.8, 4) is 17.2 Å². The Morgan fingerprint density at radius 2 is 1.90 bits per heavy atom. The van der Waals surface area contributed by atoms with E-state index in [9.17, 15) is 9.59 Å². The van der Waals surface area contributed by atoms with Gasteiger partial charge in [-0.1, -0.05) is 18.2 Å². The molecule has 0 fully saturated rings. The van der Waals surface area contributed by atoms with Gasteiger partial charge in [-0.25, -0.2) is 9.59 Å². The Balaban J connectivity index is 1.97. The number of esters is 1. The Hall–Kier alpha value is -3.48. The molecule has 7 nitrogen and oxygen atoms in total. The molecule has 0 N–H and O–H groups in total. The van der Waals surface area contributed by atoms with E-state index in [1.807, 2.05) is 6.07 Å². The van der Waals surface area contributed by atoms with Gasteiger partial charge in [0.1, 0.15) is 22.8 Å². The lowest BCUT2D eigenvalue weighted by atomic mass is 9.87. The van der Waals surface area contributed by atoms with E-state index in [0.717, 1.165) is 0 Å². The molecule has 0 aliphatic carbocycles. The number of carbonyl (C=O) groups excluding carboxylic acids is 1. The summed E-state index contributed by atoms with van der Waals surface area (Å²) in [4.78, 5) is 25.6. The SMILES string of the molecule is CCOC(=O)[C@@H]1Oc2c(c(=O)oc3ccccc23)[C@@H]1c1ccc(OC)cc1OC. The Morgan fingerprint density at radius 1 is 1.10 bits per heavy atom. The highest BCUT2D eigenvalue weighted by Gasteiger charge is 2.46.